The van der Waals surface area contributed by atoms with Gasteiger partial charge in [0.05, 0.1) is 4.90 Å². The first kappa shape index (κ1) is 19.7. The fraction of sp³-hybridized carbons (Fsp3) is 0.0455. The molecule has 0 aromatic heterocycles. The minimum Gasteiger partial charge on any atom is -0.488 e. The van der Waals surface area contributed by atoms with E-state index in [4.69, 9.17) is 16.3 Å². The third kappa shape index (κ3) is 4.61. The highest BCUT2D eigenvalue weighted by molar-refractivity contribution is 7.95. The fourth-order valence-corrected chi connectivity index (χ4v) is 3.94. The number of rotatable bonds is 6. The molecule has 3 rings (SSSR count). The van der Waals surface area contributed by atoms with Crippen molar-refractivity contribution in [3.8, 4) is 11.8 Å². The molecule has 0 N–H and O–H groups in total. The molecular weight excluding hydrogens is 394 g/mol. The zero-order chi connectivity index (χ0) is 20.0. The summed E-state index contributed by atoms with van der Waals surface area (Å²) in [6, 6.07) is 23.9. The summed E-state index contributed by atoms with van der Waals surface area (Å²) in [6.07, 6.45) is 1.33. The van der Waals surface area contributed by atoms with Crippen LogP contribution in [0.25, 0.3) is 6.08 Å². The van der Waals surface area contributed by atoms with Crippen molar-refractivity contribution in [3.63, 3.8) is 0 Å². The van der Waals surface area contributed by atoms with Crippen LogP contribution in [0.1, 0.15) is 11.1 Å². The molecule has 0 aliphatic heterocycles. The minimum atomic E-state index is -3.91. The number of halogens is 1. The van der Waals surface area contributed by atoms with Gasteiger partial charge in [-0.15, -0.1) is 0 Å². The van der Waals surface area contributed by atoms with Gasteiger partial charge in [0.2, 0.25) is 9.84 Å². The highest BCUT2D eigenvalue weighted by Crippen LogP contribution is 2.26. The Hall–Kier alpha value is -3.07. The molecular formula is C22H16ClNO3S. The van der Waals surface area contributed by atoms with Crippen molar-refractivity contribution in [1.29, 1.82) is 5.26 Å². The highest BCUT2D eigenvalue weighted by atomic mass is 35.5. The van der Waals surface area contributed by atoms with E-state index in [-0.39, 0.29) is 16.4 Å². The molecule has 0 spiro atoms. The van der Waals surface area contributed by atoms with Crippen molar-refractivity contribution in [2.45, 2.75) is 11.5 Å². The summed E-state index contributed by atoms with van der Waals surface area (Å²) in [4.78, 5) is -0.280. The summed E-state index contributed by atoms with van der Waals surface area (Å²) in [7, 11) is -3.91. The Morgan fingerprint density at radius 3 is 2.43 bits per heavy atom. The van der Waals surface area contributed by atoms with Crippen molar-refractivity contribution in [3.05, 3.63) is 99.9 Å². The van der Waals surface area contributed by atoms with Crippen LogP contribution >= 0.6 is 11.6 Å². The van der Waals surface area contributed by atoms with E-state index in [9.17, 15) is 13.7 Å². The second kappa shape index (κ2) is 8.75. The number of nitrogens with zero attached hydrogens (tertiary/aromatic N) is 1. The van der Waals surface area contributed by atoms with E-state index in [1.807, 2.05) is 12.1 Å². The van der Waals surface area contributed by atoms with Crippen LogP contribution in [-0.2, 0) is 16.4 Å². The Labute approximate surface area is 169 Å². The first-order valence-corrected chi connectivity index (χ1v) is 10.2. The molecule has 140 valence electrons. The second-order valence-corrected chi connectivity index (χ2v) is 8.25. The number of hydrogen-bond acceptors (Lipinski definition) is 4. The molecule has 0 fully saturated rings. The number of para-hydroxylation sites is 1. The lowest BCUT2D eigenvalue weighted by Crippen LogP contribution is -2.04. The molecule has 28 heavy (non-hydrogen) atoms. The molecule has 0 heterocycles. The zero-order valence-electron chi connectivity index (χ0n) is 14.7. The van der Waals surface area contributed by atoms with Crippen LogP contribution in [0.5, 0.6) is 5.75 Å². The van der Waals surface area contributed by atoms with Crippen LogP contribution in [0.15, 0.2) is 88.7 Å². The van der Waals surface area contributed by atoms with Gasteiger partial charge in [0.25, 0.3) is 0 Å². The standard InChI is InChI=1S/C22H16ClNO3S/c23-19-9-6-7-17(13-19)16-27-22-12-5-4-8-18(22)14-21(15-24)28(25,26)20-10-2-1-3-11-20/h1-14H,16H2/b21-14-. The van der Waals surface area contributed by atoms with Crippen LogP contribution in [0.3, 0.4) is 0 Å². The maximum absolute atomic E-state index is 12.7. The van der Waals surface area contributed by atoms with Gasteiger partial charge in [-0.05, 0) is 42.0 Å². The van der Waals surface area contributed by atoms with Crippen molar-refractivity contribution in [1.82, 2.24) is 0 Å². The number of nitriles is 1. The van der Waals surface area contributed by atoms with Gasteiger partial charge in [0.1, 0.15) is 23.3 Å². The maximum Gasteiger partial charge on any atom is 0.216 e. The van der Waals surface area contributed by atoms with Crippen LogP contribution in [0.4, 0.5) is 0 Å². The smallest absolute Gasteiger partial charge is 0.216 e. The number of hydrogen-bond donors (Lipinski definition) is 0. The van der Waals surface area contributed by atoms with E-state index in [1.54, 1.807) is 60.7 Å². The van der Waals surface area contributed by atoms with E-state index in [0.29, 0.717) is 16.3 Å². The monoisotopic (exact) mass is 409 g/mol. The highest BCUT2D eigenvalue weighted by Gasteiger charge is 2.21. The van der Waals surface area contributed by atoms with Crippen LogP contribution in [-0.4, -0.2) is 8.42 Å². The summed E-state index contributed by atoms with van der Waals surface area (Å²) < 4.78 is 31.3. The minimum absolute atomic E-state index is 0.0696. The Morgan fingerprint density at radius 1 is 1.00 bits per heavy atom. The van der Waals surface area contributed by atoms with Crippen molar-refractivity contribution >= 4 is 27.5 Å². The maximum atomic E-state index is 12.7. The van der Waals surface area contributed by atoms with Gasteiger partial charge in [0, 0.05) is 10.6 Å². The van der Waals surface area contributed by atoms with Crippen LogP contribution in [0, 0.1) is 11.3 Å². The number of benzene rings is 3. The van der Waals surface area contributed by atoms with Crippen molar-refractivity contribution in [2.75, 3.05) is 0 Å². The van der Waals surface area contributed by atoms with E-state index < -0.39 is 9.84 Å². The molecule has 4 nitrogen and oxygen atoms in total. The average molecular weight is 410 g/mol. The third-order valence-electron chi connectivity index (χ3n) is 3.94. The van der Waals surface area contributed by atoms with Crippen LogP contribution in [0.2, 0.25) is 5.02 Å². The summed E-state index contributed by atoms with van der Waals surface area (Å²) in [5.74, 6) is 0.471. The first-order valence-electron chi connectivity index (χ1n) is 8.39. The quantitative estimate of drug-likeness (QED) is 0.521. The molecule has 3 aromatic rings. The molecule has 0 radical (unpaired) electrons. The Balaban J connectivity index is 1.92. The lowest BCUT2D eigenvalue weighted by Gasteiger charge is -2.10. The molecule has 3 aromatic carbocycles. The summed E-state index contributed by atoms with van der Waals surface area (Å²) >= 11 is 5.99. The van der Waals surface area contributed by atoms with Gasteiger partial charge < -0.3 is 4.74 Å². The Morgan fingerprint density at radius 2 is 1.71 bits per heavy atom. The zero-order valence-corrected chi connectivity index (χ0v) is 16.3. The van der Waals surface area contributed by atoms with E-state index in [1.165, 1.54) is 18.2 Å². The molecule has 0 unspecified atom stereocenters. The van der Waals surface area contributed by atoms with Gasteiger partial charge in [-0.25, -0.2) is 8.42 Å². The molecule has 0 saturated heterocycles. The average Bonchev–Trinajstić information content (AvgIpc) is 2.71. The SMILES string of the molecule is N#C/C(=C/c1ccccc1OCc1cccc(Cl)c1)S(=O)(=O)c1ccccc1. The summed E-state index contributed by atoms with van der Waals surface area (Å²) in [5, 5.41) is 10.1. The third-order valence-corrected chi connectivity index (χ3v) is 5.86. The predicted molar refractivity (Wildman–Crippen MR) is 109 cm³/mol. The molecule has 0 aliphatic carbocycles. The van der Waals surface area contributed by atoms with Gasteiger partial charge in [-0.2, -0.15) is 5.26 Å². The Kier molecular flexibility index (Phi) is 6.15. The summed E-state index contributed by atoms with van der Waals surface area (Å²) in [5.41, 5.74) is 1.38. The van der Waals surface area contributed by atoms with Gasteiger partial charge in [-0.3, -0.25) is 0 Å². The Bertz CT molecular complexity index is 1150. The van der Waals surface area contributed by atoms with Gasteiger partial charge in [0.15, 0.2) is 0 Å². The number of ether oxygens (including phenoxy) is 1. The lowest BCUT2D eigenvalue weighted by atomic mass is 10.2. The van der Waals surface area contributed by atoms with E-state index in [0.717, 1.165) is 5.56 Å². The molecule has 0 amide bonds. The normalized spacial score (nSPS) is 11.6. The molecule has 6 heteroatoms. The van der Waals surface area contributed by atoms with Gasteiger partial charge in [-0.1, -0.05) is 60.1 Å². The van der Waals surface area contributed by atoms with Crippen molar-refractivity contribution < 1.29 is 13.2 Å². The fourth-order valence-electron chi connectivity index (χ4n) is 2.56. The van der Waals surface area contributed by atoms with Crippen LogP contribution < -0.4 is 4.74 Å². The van der Waals surface area contributed by atoms with E-state index >= 15 is 0 Å². The van der Waals surface area contributed by atoms with Gasteiger partial charge >= 0.3 is 0 Å². The molecule has 0 atom stereocenters. The number of sulfone groups is 1. The molecule has 0 aliphatic rings. The largest absolute Gasteiger partial charge is 0.488 e. The summed E-state index contributed by atoms with van der Waals surface area (Å²) in [6.45, 7) is 0.263. The number of allylic oxidation sites excluding steroid dienone is 1. The molecule has 0 saturated carbocycles. The van der Waals surface area contributed by atoms with E-state index in [2.05, 4.69) is 0 Å². The molecule has 0 bridgehead atoms. The predicted octanol–water partition coefficient (Wildman–Crippen LogP) is 5.26. The second-order valence-electron chi connectivity index (χ2n) is 5.89. The van der Waals surface area contributed by atoms with Crippen molar-refractivity contribution in [2.24, 2.45) is 0 Å². The lowest BCUT2D eigenvalue weighted by molar-refractivity contribution is 0.305. The first-order chi connectivity index (χ1) is 13.5. The topological polar surface area (TPSA) is 67.2 Å².